The molecule has 5 N–H and O–H groups in total. The maximum Gasteiger partial charge on any atom is 0.412 e. The number of ether oxygens (including phenoxy) is 1. The number of thiazole rings is 2. The number of aliphatic hydroxyl groups is 1. The predicted molar refractivity (Wildman–Crippen MR) is 316 cm³/mol. The summed E-state index contributed by atoms with van der Waals surface area (Å²) < 4.78 is 51.0. The number of β-amino-alcohol motifs (C(OH)–C–C–N with tert-alkyl or cyclic N) is 1. The third-order valence-electron chi connectivity index (χ3n) is 15.2. The molecule has 3 aromatic heterocycles. The van der Waals surface area contributed by atoms with Crippen molar-refractivity contribution in [2.24, 2.45) is 5.41 Å². The number of hydrogen-bond donors (Lipinski definition) is 5. The van der Waals surface area contributed by atoms with Gasteiger partial charge in [-0.2, -0.15) is 13.2 Å². The van der Waals surface area contributed by atoms with E-state index in [1.165, 1.54) is 46.9 Å². The molecule has 1 fully saturated rings. The molecular weight excluding hydrogens is 1120 g/mol. The van der Waals surface area contributed by atoms with Crippen LogP contribution in [0.3, 0.4) is 0 Å². The Balaban J connectivity index is 0.745. The summed E-state index contributed by atoms with van der Waals surface area (Å²) in [6.45, 7) is 9.40. The fourth-order valence-corrected chi connectivity index (χ4v) is 12.4. The summed E-state index contributed by atoms with van der Waals surface area (Å²) in [7, 11) is 0. The van der Waals surface area contributed by atoms with E-state index in [0.29, 0.717) is 82.6 Å². The van der Waals surface area contributed by atoms with Gasteiger partial charge in [0.15, 0.2) is 16.9 Å². The molecule has 2 aliphatic rings. The fourth-order valence-electron chi connectivity index (χ4n) is 10.8. The number of anilines is 2. The molecule has 4 atom stereocenters. The van der Waals surface area contributed by atoms with E-state index in [4.69, 9.17) is 4.74 Å². The molecule has 0 saturated carbocycles. The number of aliphatic hydroxyl groups excluding tert-OH is 1. The summed E-state index contributed by atoms with van der Waals surface area (Å²) in [6, 6.07) is 30.2. The first-order chi connectivity index (χ1) is 40.1. The number of nitrogens with one attached hydrogen (secondary N) is 3. The number of amides is 4. The second-order valence-corrected chi connectivity index (χ2v) is 24.0. The number of carboxylic acids is 1. The van der Waals surface area contributed by atoms with Crippen LogP contribution in [0.4, 0.5) is 24.1 Å². The third-order valence-corrected chi connectivity index (χ3v) is 17.1. The molecule has 0 aliphatic carbocycles. The van der Waals surface area contributed by atoms with Crippen LogP contribution in [0.15, 0.2) is 127 Å². The molecule has 2 aliphatic heterocycles. The Morgan fingerprint density at radius 1 is 0.845 bits per heavy atom. The molecule has 5 heterocycles. The molecule has 10 rings (SSSR count). The monoisotopic (exact) mass is 1180 g/mol. The number of fused-ring (bicyclic) bond motifs is 2. The minimum absolute atomic E-state index is 0.0253. The van der Waals surface area contributed by atoms with Gasteiger partial charge in [-0.15, -0.1) is 11.3 Å². The zero-order valence-electron chi connectivity index (χ0n) is 46.6. The predicted octanol–water partition coefficient (Wildman–Crippen LogP) is 11.6. The van der Waals surface area contributed by atoms with Crippen molar-refractivity contribution in [3.8, 4) is 33.1 Å². The number of pyridine rings is 1. The number of carboxylic acid groups (broad SMARTS) is 1. The zero-order chi connectivity index (χ0) is 59.6. The van der Waals surface area contributed by atoms with Gasteiger partial charge in [0.25, 0.3) is 5.91 Å². The highest BCUT2D eigenvalue weighted by atomic mass is 32.1. The number of carbonyl (C=O) groups excluding carboxylic acids is 4. The van der Waals surface area contributed by atoms with Gasteiger partial charge in [-0.05, 0) is 126 Å². The maximum absolute atomic E-state index is 14.6. The Hall–Kier alpha value is -8.53. The summed E-state index contributed by atoms with van der Waals surface area (Å²) >= 11 is 2.75. The van der Waals surface area contributed by atoms with E-state index in [-0.39, 0.29) is 36.6 Å². The largest absolute Gasteiger partial charge is 0.476 e. The van der Waals surface area contributed by atoms with Crippen LogP contribution in [-0.2, 0) is 33.8 Å². The van der Waals surface area contributed by atoms with Gasteiger partial charge in [-0.1, -0.05) is 105 Å². The number of nitrogens with zero attached hydrogens (tertiary/aromatic N) is 5. The zero-order valence-corrected chi connectivity index (χ0v) is 48.3. The molecule has 434 valence electrons. The topological polar surface area (TPSA) is 216 Å². The summed E-state index contributed by atoms with van der Waals surface area (Å²) in [5.74, 6) is -2.24. The molecule has 0 spiro atoms. The maximum atomic E-state index is 14.6. The Bertz CT molecular complexity index is 3760. The highest BCUT2D eigenvalue weighted by molar-refractivity contribution is 7.22. The molecule has 0 bridgehead atoms. The van der Waals surface area contributed by atoms with Crippen molar-refractivity contribution in [1.82, 2.24) is 30.5 Å². The highest BCUT2D eigenvalue weighted by Gasteiger charge is 2.48. The van der Waals surface area contributed by atoms with Crippen LogP contribution in [0.1, 0.15) is 100 Å². The van der Waals surface area contributed by atoms with E-state index in [2.05, 4.69) is 30.9 Å². The normalized spacial score (nSPS) is 16.0. The van der Waals surface area contributed by atoms with E-state index in [0.717, 1.165) is 42.4 Å². The molecule has 16 nitrogen and oxygen atoms in total. The molecule has 84 heavy (non-hydrogen) atoms. The number of aromatic nitrogens is 3. The van der Waals surface area contributed by atoms with Gasteiger partial charge in [-0.25, -0.2) is 19.7 Å². The molecular formula is C63H61F3N8O8S2. The second-order valence-electron chi connectivity index (χ2n) is 22.1. The number of rotatable bonds is 17. The lowest BCUT2D eigenvalue weighted by molar-refractivity contribution is -0.165. The van der Waals surface area contributed by atoms with Gasteiger partial charge in [0.1, 0.15) is 29.4 Å². The number of hydrogen-bond acceptors (Lipinski definition) is 13. The van der Waals surface area contributed by atoms with Gasteiger partial charge in [0, 0.05) is 43.6 Å². The van der Waals surface area contributed by atoms with Gasteiger partial charge in [-0.3, -0.25) is 24.5 Å². The van der Waals surface area contributed by atoms with E-state index >= 15 is 0 Å². The number of halogens is 3. The van der Waals surface area contributed by atoms with Crippen LogP contribution in [0, 0.1) is 19.3 Å². The lowest BCUT2D eigenvalue weighted by atomic mass is 9.85. The van der Waals surface area contributed by atoms with Crippen molar-refractivity contribution in [2.75, 3.05) is 23.3 Å². The first kappa shape index (κ1) is 58.7. The molecule has 5 aromatic carbocycles. The van der Waals surface area contributed by atoms with E-state index in [9.17, 15) is 47.4 Å². The second kappa shape index (κ2) is 24.4. The Labute approximate surface area is 490 Å². The van der Waals surface area contributed by atoms with E-state index in [1.807, 2.05) is 66.4 Å². The van der Waals surface area contributed by atoms with Crippen LogP contribution >= 0.6 is 22.7 Å². The third kappa shape index (κ3) is 13.0. The first-order valence-corrected chi connectivity index (χ1v) is 29.1. The molecule has 8 aromatic rings. The fraction of sp³-hybridized carbons (Fsp3) is 0.302. The van der Waals surface area contributed by atoms with Crippen molar-refractivity contribution in [2.45, 2.75) is 104 Å². The standard InChI is InChI=1S/C63H61F3N8O8S2/c1-35-43(44-27-28-51(69-53(44)60(80)81)73-30-29-38-12-9-14-45(46(38)33-73)57(77)72-61-68-47-15-6-7-17-50(47)84-61)13-10-16-49(35)82-42-25-19-37(20-26-42)11-8-18-52(76)70-56(62(3,4)5)59(79)74-32-41(75)31-48(74)58(78)71-55(63(64,65)66)40-23-21-39(22-24-40)54-36(2)67-34-83-54/h6-7,9-10,12-17,19-28,34,41,48,55-56,75H,8,11,18,29-33H2,1-5H3,(H,70,76)(H,71,78)(H,80,81)(H,68,72,77)/t41-,48+,55?,56?/m1/s1. The van der Waals surface area contributed by atoms with Gasteiger partial charge in [0.2, 0.25) is 17.7 Å². The summed E-state index contributed by atoms with van der Waals surface area (Å²) in [5.41, 5.74) is 7.59. The smallest absolute Gasteiger partial charge is 0.412 e. The van der Waals surface area contributed by atoms with E-state index < -0.39 is 59.5 Å². The van der Waals surface area contributed by atoms with Crippen molar-refractivity contribution in [3.63, 3.8) is 0 Å². The van der Waals surface area contributed by atoms with Crippen molar-refractivity contribution in [1.29, 1.82) is 0 Å². The van der Waals surface area contributed by atoms with Crippen LogP contribution in [-0.4, -0.2) is 97.1 Å². The SMILES string of the molecule is Cc1ncsc1-c1ccc(C(NC(=O)[C@@H]2C[C@@H](O)CN2C(=O)C(NC(=O)CCCc2ccc(Oc3cccc(-c4ccc(N5CCc6cccc(C(=O)Nc7nc8ccccc8s7)c6C5)nc4C(=O)O)c3C)cc2)C(C)(C)C)C(F)(F)F)cc1. The number of carbonyl (C=O) groups is 5. The molecule has 1 saturated heterocycles. The van der Waals surface area contributed by atoms with Gasteiger partial charge >= 0.3 is 12.1 Å². The van der Waals surface area contributed by atoms with E-state index in [1.54, 1.807) is 75.7 Å². The van der Waals surface area contributed by atoms with Crippen LogP contribution in [0.2, 0.25) is 0 Å². The number of benzene rings is 5. The van der Waals surface area contributed by atoms with Crippen molar-refractivity contribution in [3.05, 3.63) is 172 Å². The Morgan fingerprint density at radius 2 is 1.60 bits per heavy atom. The van der Waals surface area contributed by atoms with Gasteiger partial charge in [0.05, 0.1) is 32.4 Å². The van der Waals surface area contributed by atoms with Crippen molar-refractivity contribution < 1.29 is 52.1 Å². The Kier molecular flexibility index (Phi) is 17.0. The number of likely N-dealkylation sites (tertiary alicyclic amines) is 1. The van der Waals surface area contributed by atoms with Crippen LogP contribution in [0.5, 0.6) is 11.5 Å². The lowest BCUT2D eigenvalue weighted by Crippen LogP contribution is -2.58. The molecule has 4 amide bonds. The Morgan fingerprint density at radius 3 is 2.30 bits per heavy atom. The lowest BCUT2D eigenvalue weighted by Gasteiger charge is -2.35. The van der Waals surface area contributed by atoms with Crippen LogP contribution in [0.25, 0.3) is 31.8 Å². The summed E-state index contributed by atoms with van der Waals surface area (Å²) in [6.07, 6.45) is -4.84. The molecule has 21 heteroatoms. The average Bonchev–Trinajstić information content (AvgIpc) is 2.86. The molecule has 2 unspecified atom stereocenters. The van der Waals surface area contributed by atoms with Gasteiger partial charge < -0.3 is 35.4 Å². The first-order valence-electron chi connectivity index (χ1n) is 27.4. The average molecular weight is 1180 g/mol. The van der Waals surface area contributed by atoms with Crippen molar-refractivity contribution >= 4 is 73.4 Å². The summed E-state index contributed by atoms with van der Waals surface area (Å²) in [5, 5.41) is 29.6. The summed E-state index contributed by atoms with van der Waals surface area (Å²) in [4.78, 5) is 85.4. The minimum atomic E-state index is -4.89. The number of alkyl halides is 3. The quantitative estimate of drug-likeness (QED) is 0.0576. The van der Waals surface area contributed by atoms with Crippen LogP contribution < -0.4 is 25.6 Å². The number of aromatic carboxylic acids is 1. The highest BCUT2D eigenvalue weighted by Crippen LogP contribution is 2.39. The molecule has 0 radical (unpaired) electrons. The number of para-hydroxylation sites is 1. The minimum Gasteiger partial charge on any atom is -0.476 e. The number of aryl methyl sites for hydroxylation is 2.